The van der Waals surface area contributed by atoms with Gasteiger partial charge in [-0.1, -0.05) is 48.5 Å². The predicted molar refractivity (Wildman–Crippen MR) is 113 cm³/mol. The van der Waals surface area contributed by atoms with Gasteiger partial charge in [0.1, 0.15) is 11.4 Å². The van der Waals surface area contributed by atoms with Gasteiger partial charge in [0.2, 0.25) is 5.82 Å². The molecule has 2 aromatic heterocycles. The van der Waals surface area contributed by atoms with Gasteiger partial charge in [0.15, 0.2) is 0 Å². The highest BCUT2D eigenvalue weighted by Crippen LogP contribution is 2.33. The van der Waals surface area contributed by atoms with Crippen LogP contribution in [0, 0.1) is 10.1 Å². The number of hydrogen-bond acceptors (Lipinski definition) is 7. The van der Waals surface area contributed by atoms with Crippen molar-refractivity contribution in [2.45, 2.75) is 19.4 Å². The van der Waals surface area contributed by atoms with Crippen molar-refractivity contribution in [3.8, 4) is 23.0 Å². The highest BCUT2D eigenvalue weighted by molar-refractivity contribution is 5.70. The Morgan fingerprint density at radius 3 is 2.60 bits per heavy atom. The van der Waals surface area contributed by atoms with Gasteiger partial charge >= 0.3 is 0 Å². The maximum Gasteiger partial charge on any atom is 0.293 e. The van der Waals surface area contributed by atoms with Crippen molar-refractivity contribution in [1.82, 2.24) is 15.1 Å². The summed E-state index contributed by atoms with van der Waals surface area (Å²) < 4.78 is 5.31. The minimum Gasteiger partial charge on any atom is -0.373 e. The number of nitro benzene ring substituents is 1. The summed E-state index contributed by atoms with van der Waals surface area (Å²) in [6.45, 7) is 2.03. The molecule has 0 radical (unpaired) electrons. The molecule has 8 heteroatoms. The largest absolute Gasteiger partial charge is 0.373 e. The third-order valence-corrected chi connectivity index (χ3v) is 4.70. The smallest absolute Gasteiger partial charge is 0.293 e. The monoisotopic (exact) mass is 401 g/mol. The summed E-state index contributed by atoms with van der Waals surface area (Å²) in [6, 6.07) is 20.0. The fourth-order valence-corrected chi connectivity index (χ4v) is 3.17. The molecule has 0 spiro atoms. The molecule has 0 fully saturated rings. The van der Waals surface area contributed by atoms with Crippen LogP contribution < -0.4 is 5.32 Å². The minimum absolute atomic E-state index is 0.0464. The molecule has 2 heterocycles. The van der Waals surface area contributed by atoms with E-state index in [1.54, 1.807) is 30.5 Å². The van der Waals surface area contributed by atoms with E-state index in [-0.39, 0.29) is 17.6 Å². The average molecular weight is 401 g/mol. The van der Waals surface area contributed by atoms with Crippen LogP contribution >= 0.6 is 0 Å². The van der Waals surface area contributed by atoms with Crippen LogP contribution in [0.4, 0.5) is 11.4 Å². The molecule has 1 N–H and O–H groups in total. The maximum atomic E-state index is 11.7. The van der Waals surface area contributed by atoms with E-state index in [0.29, 0.717) is 22.8 Å². The molecule has 0 saturated carbocycles. The lowest BCUT2D eigenvalue weighted by atomic mass is 10.0. The van der Waals surface area contributed by atoms with E-state index in [2.05, 4.69) is 20.4 Å². The quantitative estimate of drug-likeness (QED) is 0.332. The Bertz CT molecular complexity index is 1150. The van der Waals surface area contributed by atoms with Crippen molar-refractivity contribution in [2.24, 2.45) is 0 Å². The first-order chi connectivity index (χ1) is 14.7. The molecule has 8 nitrogen and oxygen atoms in total. The lowest BCUT2D eigenvalue weighted by Crippen LogP contribution is -2.11. The molecule has 0 aliphatic heterocycles. The SMILES string of the molecule is CC[C@@H](Nc1ccc(-c2nc(-c3ccccn3)no2)cc1[N+](=O)[O-])c1ccccc1. The number of anilines is 1. The van der Waals surface area contributed by atoms with E-state index < -0.39 is 4.92 Å². The second kappa shape index (κ2) is 8.52. The predicted octanol–water partition coefficient (Wildman–Crippen LogP) is 5.27. The molecule has 0 aliphatic carbocycles. The van der Waals surface area contributed by atoms with Crippen LogP contribution in [0.25, 0.3) is 23.0 Å². The number of nitrogens with one attached hydrogen (secondary N) is 1. The molecule has 0 saturated heterocycles. The molecule has 150 valence electrons. The highest BCUT2D eigenvalue weighted by Gasteiger charge is 2.21. The van der Waals surface area contributed by atoms with Crippen LogP contribution in [0.2, 0.25) is 0 Å². The molecule has 0 amide bonds. The summed E-state index contributed by atoms with van der Waals surface area (Å²) in [5.74, 6) is 0.519. The van der Waals surface area contributed by atoms with Crippen molar-refractivity contribution in [2.75, 3.05) is 5.32 Å². The standard InChI is InChI=1S/C22H19N5O3/c1-2-17(15-8-4-3-5-9-15)24-18-12-11-16(14-20(18)27(28)29)22-25-21(26-30-22)19-10-6-7-13-23-19/h3-14,17,24H,2H2,1H3/t17-/m1/s1. The Morgan fingerprint density at radius 2 is 1.90 bits per heavy atom. The zero-order valence-electron chi connectivity index (χ0n) is 16.2. The van der Waals surface area contributed by atoms with Gasteiger partial charge in [-0.3, -0.25) is 15.1 Å². The maximum absolute atomic E-state index is 11.7. The molecule has 4 aromatic rings. The molecule has 0 bridgehead atoms. The van der Waals surface area contributed by atoms with E-state index in [0.717, 1.165) is 12.0 Å². The van der Waals surface area contributed by atoms with Gasteiger partial charge in [0.25, 0.3) is 11.6 Å². The number of hydrogen-bond donors (Lipinski definition) is 1. The average Bonchev–Trinajstić information content (AvgIpc) is 3.29. The van der Waals surface area contributed by atoms with Gasteiger partial charge in [-0.2, -0.15) is 4.98 Å². The van der Waals surface area contributed by atoms with Gasteiger partial charge in [-0.25, -0.2) is 0 Å². The fourth-order valence-electron chi connectivity index (χ4n) is 3.17. The molecule has 2 aromatic carbocycles. The number of rotatable bonds is 7. The molecule has 30 heavy (non-hydrogen) atoms. The first kappa shape index (κ1) is 19.3. The van der Waals surface area contributed by atoms with Gasteiger partial charge in [-0.05, 0) is 36.2 Å². The number of pyridine rings is 1. The Balaban J connectivity index is 1.64. The summed E-state index contributed by atoms with van der Waals surface area (Å²) in [5, 5.41) is 18.9. The van der Waals surface area contributed by atoms with E-state index in [1.807, 2.05) is 43.3 Å². The van der Waals surface area contributed by atoms with E-state index >= 15 is 0 Å². The van der Waals surface area contributed by atoms with Crippen LogP contribution in [0.15, 0.2) is 77.4 Å². The lowest BCUT2D eigenvalue weighted by molar-refractivity contribution is -0.383. The molecule has 0 unspecified atom stereocenters. The number of nitrogens with zero attached hydrogens (tertiary/aromatic N) is 4. The van der Waals surface area contributed by atoms with Crippen LogP contribution in [-0.2, 0) is 0 Å². The molecule has 1 atom stereocenters. The molecule has 0 aliphatic rings. The van der Waals surface area contributed by atoms with E-state index in [9.17, 15) is 10.1 Å². The highest BCUT2D eigenvalue weighted by atomic mass is 16.6. The normalized spacial score (nSPS) is 11.8. The van der Waals surface area contributed by atoms with E-state index in [4.69, 9.17) is 4.52 Å². The number of aromatic nitrogens is 3. The lowest BCUT2D eigenvalue weighted by Gasteiger charge is -2.18. The van der Waals surface area contributed by atoms with Crippen LogP contribution in [0.1, 0.15) is 24.9 Å². The van der Waals surface area contributed by atoms with Crippen molar-refractivity contribution in [3.63, 3.8) is 0 Å². The molecular formula is C22H19N5O3. The van der Waals surface area contributed by atoms with Gasteiger partial charge in [0.05, 0.1) is 11.0 Å². The summed E-state index contributed by atoms with van der Waals surface area (Å²) in [4.78, 5) is 19.8. The van der Waals surface area contributed by atoms with Crippen LogP contribution in [-0.4, -0.2) is 20.0 Å². The fraction of sp³-hybridized carbons (Fsp3) is 0.136. The summed E-state index contributed by atoms with van der Waals surface area (Å²) in [6.07, 6.45) is 2.41. The summed E-state index contributed by atoms with van der Waals surface area (Å²) >= 11 is 0. The van der Waals surface area contributed by atoms with Gasteiger partial charge in [0, 0.05) is 17.8 Å². The third-order valence-electron chi connectivity index (χ3n) is 4.70. The van der Waals surface area contributed by atoms with Crippen molar-refractivity contribution < 1.29 is 9.45 Å². The number of nitro groups is 1. The number of benzene rings is 2. The summed E-state index contributed by atoms with van der Waals surface area (Å²) in [5.41, 5.74) is 2.47. The van der Waals surface area contributed by atoms with Crippen LogP contribution in [0.5, 0.6) is 0 Å². The summed E-state index contributed by atoms with van der Waals surface area (Å²) in [7, 11) is 0. The Kier molecular flexibility index (Phi) is 5.47. The van der Waals surface area contributed by atoms with Crippen molar-refractivity contribution in [3.05, 3.63) is 88.6 Å². The minimum atomic E-state index is -0.417. The Labute approximate surface area is 172 Å². The van der Waals surface area contributed by atoms with E-state index in [1.165, 1.54) is 6.07 Å². The zero-order valence-corrected chi connectivity index (χ0v) is 16.2. The third kappa shape index (κ3) is 4.02. The van der Waals surface area contributed by atoms with Crippen molar-refractivity contribution >= 4 is 11.4 Å². The van der Waals surface area contributed by atoms with Gasteiger partial charge in [-0.15, -0.1) is 0 Å². The topological polar surface area (TPSA) is 107 Å². The second-order valence-corrected chi connectivity index (χ2v) is 6.64. The Hall–Kier alpha value is -4.07. The first-order valence-corrected chi connectivity index (χ1v) is 9.51. The molecular weight excluding hydrogens is 382 g/mol. The first-order valence-electron chi connectivity index (χ1n) is 9.51. The van der Waals surface area contributed by atoms with Crippen molar-refractivity contribution in [1.29, 1.82) is 0 Å². The second-order valence-electron chi connectivity index (χ2n) is 6.64. The zero-order chi connectivity index (χ0) is 20.9. The molecule has 4 rings (SSSR count). The van der Waals surface area contributed by atoms with Crippen LogP contribution in [0.3, 0.4) is 0 Å². The van der Waals surface area contributed by atoms with Gasteiger partial charge < -0.3 is 9.84 Å². The Morgan fingerprint density at radius 1 is 1.10 bits per heavy atom.